The van der Waals surface area contributed by atoms with Crippen molar-refractivity contribution in [2.45, 2.75) is 4.90 Å². The van der Waals surface area contributed by atoms with Crippen molar-refractivity contribution in [2.24, 2.45) is 0 Å². The van der Waals surface area contributed by atoms with Gasteiger partial charge < -0.3 is 0 Å². The lowest BCUT2D eigenvalue weighted by Crippen LogP contribution is -2.04. The number of aromatic nitrogens is 2. The largest absolute Gasteiger partial charge is 0.277 e. The quantitative estimate of drug-likeness (QED) is 0.732. The molecule has 0 amide bonds. The zero-order chi connectivity index (χ0) is 13.2. The number of rotatable bonds is 3. The number of pyridine rings is 1. The average molecular weight is 354 g/mol. The molecule has 0 saturated heterocycles. The van der Waals surface area contributed by atoms with Gasteiger partial charge in [0, 0.05) is 6.20 Å². The third kappa shape index (κ3) is 2.83. The molecule has 0 fully saturated rings. The Labute approximate surface area is 124 Å². The normalized spacial score (nSPS) is 12.5. The predicted octanol–water partition coefficient (Wildman–Crippen LogP) is 3.59. The molecule has 1 aromatic carbocycles. The molecule has 0 radical (unpaired) electrons. The van der Waals surface area contributed by atoms with Crippen LogP contribution in [0.15, 0.2) is 52.1 Å². The number of nitrogens with one attached hydrogen (secondary N) is 1. The van der Waals surface area contributed by atoms with E-state index in [0.717, 1.165) is 10.2 Å². The molecule has 1 N–H and O–H groups in total. The molecule has 0 aliphatic rings. The Kier molecular flexibility index (Phi) is 3.58. The van der Waals surface area contributed by atoms with E-state index in [4.69, 9.17) is 0 Å². The number of para-hydroxylation sites is 1. The molecule has 1 unspecified atom stereocenters. The van der Waals surface area contributed by atoms with Crippen molar-refractivity contribution in [3.8, 4) is 0 Å². The minimum absolute atomic E-state index is 0.613. The number of fused-ring (bicyclic) bond motifs is 1. The van der Waals surface area contributed by atoms with Crippen LogP contribution < -0.4 is 4.72 Å². The Morgan fingerprint density at radius 2 is 2.05 bits per heavy atom. The van der Waals surface area contributed by atoms with Crippen LogP contribution in [0.5, 0.6) is 0 Å². The summed E-state index contributed by atoms with van der Waals surface area (Å²) in [6.45, 7) is 0. The molecule has 2 aromatic heterocycles. The SMILES string of the molecule is O=S(Nc1nc2ccccc2s1)c1ccc(Br)nc1. The molecule has 0 aliphatic heterocycles. The lowest BCUT2D eigenvalue weighted by Gasteiger charge is -2.01. The van der Waals surface area contributed by atoms with Gasteiger partial charge in [0.25, 0.3) is 0 Å². The molecular weight excluding hydrogens is 346 g/mol. The molecule has 3 rings (SSSR count). The molecule has 0 spiro atoms. The van der Waals surface area contributed by atoms with Gasteiger partial charge in [0.05, 0.1) is 15.1 Å². The smallest absolute Gasteiger partial charge is 0.196 e. The highest BCUT2D eigenvalue weighted by atomic mass is 79.9. The van der Waals surface area contributed by atoms with Crippen molar-refractivity contribution < 1.29 is 4.21 Å². The summed E-state index contributed by atoms with van der Waals surface area (Å²) in [7, 11) is -1.35. The molecule has 0 saturated carbocycles. The van der Waals surface area contributed by atoms with Crippen molar-refractivity contribution in [3.05, 3.63) is 47.2 Å². The molecule has 19 heavy (non-hydrogen) atoms. The summed E-state index contributed by atoms with van der Waals surface area (Å²) in [6, 6.07) is 11.3. The first-order chi connectivity index (χ1) is 9.22. The van der Waals surface area contributed by atoms with Gasteiger partial charge in [-0.25, -0.2) is 14.2 Å². The topological polar surface area (TPSA) is 54.9 Å². The molecule has 3 aromatic rings. The van der Waals surface area contributed by atoms with Crippen LogP contribution in [-0.4, -0.2) is 14.2 Å². The monoisotopic (exact) mass is 353 g/mol. The minimum Gasteiger partial charge on any atom is -0.277 e. The van der Waals surface area contributed by atoms with Gasteiger partial charge in [-0.2, -0.15) is 0 Å². The number of halogens is 1. The zero-order valence-corrected chi connectivity index (χ0v) is 12.8. The van der Waals surface area contributed by atoms with E-state index >= 15 is 0 Å². The third-order valence-electron chi connectivity index (χ3n) is 2.39. The number of benzene rings is 1. The maximum Gasteiger partial charge on any atom is 0.196 e. The fraction of sp³-hybridized carbons (Fsp3) is 0. The van der Waals surface area contributed by atoms with Crippen molar-refractivity contribution in [1.82, 2.24) is 9.97 Å². The van der Waals surface area contributed by atoms with Crippen LogP contribution in [-0.2, 0) is 11.0 Å². The van der Waals surface area contributed by atoms with E-state index in [1.165, 1.54) is 11.3 Å². The highest BCUT2D eigenvalue weighted by Gasteiger charge is 2.08. The molecule has 96 valence electrons. The predicted molar refractivity (Wildman–Crippen MR) is 81.6 cm³/mol. The first-order valence-corrected chi connectivity index (χ1v) is 8.14. The maximum atomic E-state index is 12.1. The lowest BCUT2D eigenvalue weighted by atomic mass is 10.3. The fourth-order valence-corrected chi connectivity index (χ4v) is 3.53. The number of anilines is 1. The van der Waals surface area contributed by atoms with Crippen LogP contribution in [0.3, 0.4) is 0 Å². The van der Waals surface area contributed by atoms with Crippen molar-refractivity contribution in [3.63, 3.8) is 0 Å². The van der Waals surface area contributed by atoms with E-state index < -0.39 is 11.0 Å². The van der Waals surface area contributed by atoms with Gasteiger partial charge in [-0.05, 0) is 40.2 Å². The average Bonchev–Trinajstić information content (AvgIpc) is 2.81. The molecule has 0 bridgehead atoms. The molecular formula is C12H8BrN3OS2. The second-order valence-corrected chi connectivity index (χ2v) is 6.73. The second-order valence-electron chi connectivity index (χ2n) is 3.67. The molecule has 2 heterocycles. The molecule has 7 heteroatoms. The Morgan fingerprint density at radius 1 is 1.21 bits per heavy atom. The Bertz CT molecular complexity index is 709. The van der Waals surface area contributed by atoms with Gasteiger partial charge in [0.15, 0.2) is 16.1 Å². The van der Waals surface area contributed by atoms with Crippen LogP contribution in [0.4, 0.5) is 5.13 Å². The maximum absolute atomic E-state index is 12.1. The van der Waals surface area contributed by atoms with Crippen LogP contribution in [0.2, 0.25) is 0 Å². The lowest BCUT2D eigenvalue weighted by molar-refractivity contribution is 0.686. The second kappa shape index (κ2) is 5.36. The Morgan fingerprint density at radius 3 is 2.79 bits per heavy atom. The summed E-state index contributed by atoms with van der Waals surface area (Å²) in [6.07, 6.45) is 1.57. The summed E-state index contributed by atoms with van der Waals surface area (Å²) in [5.41, 5.74) is 0.904. The van der Waals surface area contributed by atoms with Crippen LogP contribution in [0.1, 0.15) is 0 Å². The number of hydrogen-bond acceptors (Lipinski definition) is 4. The van der Waals surface area contributed by atoms with Gasteiger partial charge in [0.1, 0.15) is 4.60 Å². The highest BCUT2D eigenvalue weighted by molar-refractivity contribution is 9.10. The van der Waals surface area contributed by atoms with Crippen molar-refractivity contribution >= 4 is 53.6 Å². The van der Waals surface area contributed by atoms with E-state index in [1.54, 1.807) is 18.3 Å². The zero-order valence-electron chi connectivity index (χ0n) is 9.54. The van der Waals surface area contributed by atoms with E-state index in [9.17, 15) is 4.21 Å². The number of thiazole rings is 1. The van der Waals surface area contributed by atoms with Gasteiger partial charge in [-0.3, -0.25) is 4.72 Å². The summed E-state index contributed by atoms with van der Waals surface area (Å²) in [5.74, 6) is 0. The first-order valence-electron chi connectivity index (χ1n) is 5.38. The number of nitrogens with zero attached hydrogens (tertiary/aromatic N) is 2. The molecule has 4 nitrogen and oxygen atoms in total. The van der Waals surface area contributed by atoms with Gasteiger partial charge in [-0.15, -0.1) is 0 Å². The summed E-state index contributed by atoms with van der Waals surface area (Å²) >= 11 is 4.72. The summed E-state index contributed by atoms with van der Waals surface area (Å²) in [5, 5.41) is 0.641. The minimum atomic E-state index is -1.35. The van der Waals surface area contributed by atoms with Crippen LogP contribution in [0, 0.1) is 0 Å². The van der Waals surface area contributed by atoms with Crippen molar-refractivity contribution in [2.75, 3.05) is 4.72 Å². The third-order valence-corrected chi connectivity index (χ3v) is 4.99. The van der Waals surface area contributed by atoms with Gasteiger partial charge in [0.2, 0.25) is 0 Å². The highest BCUT2D eigenvalue weighted by Crippen LogP contribution is 2.26. The molecule has 0 aliphatic carbocycles. The van der Waals surface area contributed by atoms with Gasteiger partial charge >= 0.3 is 0 Å². The van der Waals surface area contributed by atoms with E-state index in [-0.39, 0.29) is 0 Å². The summed E-state index contributed by atoms with van der Waals surface area (Å²) < 4.78 is 16.8. The number of hydrogen-bond donors (Lipinski definition) is 1. The van der Waals surface area contributed by atoms with Crippen LogP contribution >= 0.6 is 27.3 Å². The molecule has 1 atom stereocenters. The Balaban J connectivity index is 1.84. The van der Waals surface area contributed by atoms with Gasteiger partial charge in [-0.1, -0.05) is 23.5 Å². The van der Waals surface area contributed by atoms with Crippen LogP contribution in [0.25, 0.3) is 10.2 Å². The Hall–Kier alpha value is -1.31. The van der Waals surface area contributed by atoms with E-state index in [0.29, 0.717) is 14.6 Å². The fourth-order valence-electron chi connectivity index (χ4n) is 1.53. The van der Waals surface area contributed by atoms with E-state index in [2.05, 4.69) is 30.6 Å². The standard InChI is InChI=1S/C12H8BrN3OS2/c13-11-6-5-8(7-14-11)19(17)16-12-15-9-3-1-2-4-10(9)18-12/h1-7H,(H,15,16). The van der Waals surface area contributed by atoms with Crippen molar-refractivity contribution in [1.29, 1.82) is 0 Å². The van der Waals surface area contributed by atoms with E-state index in [1.807, 2.05) is 24.3 Å². The first kappa shape index (κ1) is 12.7. The summed E-state index contributed by atoms with van der Waals surface area (Å²) in [4.78, 5) is 9.05.